The largest absolute Gasteiger partial charge is 0.309 e. The van der Waals surface area contributed by atoms with Gasteiger partial charge in [-0.25, -0.2) is 9.97 Å². The molecule has 63 heavy (non-hydrogen) atoms. The summed E-state index contributed by atoms with van der Waals surface area (Å²) in [6.45, 7) is 0. The van der Waals surface area contributed by atoms with Crippen LogP contribution in [0.2, 0.25) is 0 Å². The van der Waals surface area contributed by atoms with Crippen LogP contribution >= 0.6 is 0 Å². The van der Waals surface area contributed by atoms with Crippen molar-refractivity contribution in [1.29, 1.82) is 0 Å². The maximum absolute atomic E-state index is 5.30. The Kier molecular flexibility index (Phi) is 7.84. The summed E-state index contributed by atoms with van der Waals surface area (Å²) in [4.78, 5) is 10.4. The molecule has 4 aromatic heterocycles. The van der Waals surface area contributed by atoms with Crippen LogP contribution in [0.15, 0.2) is 224 Å². The molecule has 13 aromatic rings. The Labute approximate surface area is 363 Å². The normalized spacial score (nSPS) is 11.8. The summed E-state index contributed by atoms with van der Waals surface area (Å²) < 4.78 is 7.38. The van der Waals surface area contributed by atoms with E-state index in [0.29, 0.717) is 5.82 Å². The predicted molar refractivity (Wildman–Crippen MR) is 261 cm³/mol. The number of para-hydroxylation sites is 5. The Hall–Kier alpha value is -8.54. The average molecular weight is 804 g/mol. The molecule has 0 fully saturated rings. The molecule has 0 saturated heterocycles. The van der Waals surface area contributed by atoms with E-state index in [-0.39, 0.29) is 0 Å². The Morgan fingerprint density at radius 3 is 1.43 bits per heavy atom. The zero-order valence-corrected chi connectivity index (χ0v) is 34.1. The van der Waals surface area contributed by atoms with Gasteiger partial charge in [0.25, 0.3) is 0 Å². The summed E-state index contributed by atoms with van der Waals surface area (Å²) in [6.07, 6.45) is 0. The van der Waals surface area contributed by atoms with Crippen molar-refractivity contribution in [1.82, 2.24) is 23.7 Å². The number of hydrogen-bond donors (Lipinski definition) is 0. The number of fused-ring (bicyclic) bond motifs is 10. The van der Waals surface area contributed by atoms with Crippen LogP contribution in [0.4, 0.5) is 0 Å². The minimum Gasteiger partial charge on any atom is -0.309 e. The molecule has 4 heterocycles. The van der Waals surface area contributed by atoms with Crippen molar-refractivity contribution >= 4 is 65.4 Å². The van der Waals surface area contributed by atoms with E-state index in [0.717, 1.165) is 67.1 Å². The van der Waals surface area contributed by atoms with Gasteiger partial charge in [0.1, 0.15) is 0 Å². The van der Waals surface area contributed by atoms with Gasteiger partial charge in [-0.15, -0.1) is 0 Å². The monoisotopic (exact) mass is 803 g/mol. The third kappa shape index (κ3) is 5.43. The Bertz CT molecular complexity index is 3820. The number of hydrogen-bond acceptors (Lipinski definition) is 2. The molecule has 5 heteroatoms. The summed E-state index contributed by atoms with van der Waals surface area (Å²) in [5.74, 6) is 0.696. The summed E-state index contributed by atoms with van der Waals surface area (Å²) in [5, 5.41) is 7.19. The predicted octanol–water partition coefficient (Wildman–Crippen LogP) is 14.8. The van der Waals surface area contributed by atoms with Crippen molar-refractivity contribution in [3.8, 4) is 51.0 Å². The molecule has 0 radical (unpaired) electrons. The summed E-state index contributed by atoms with van der Waals surface area (Å²) in [6, 6.07) is 80.2. The fourth-order valence-corrected chi connectivity index (χ4v) is 9.92. The first-order valence-corrected chi connectivity index (χ1v) is 21.4. The SMILES string of the molecule is c1ccc(-c2cc(-c3ccc4c(c3)c3c(ccc5c6ccccc6n(-c6ccccc6)c53)n4-c3cccc4c5ccccc5n(-c5ccccc5)c34)nc(-c3ccccc3)n2)cc1. The Balaban J connectivity index is 1.18. The molecule has 0 aliphatic heterocycles. The highest BCUT2D eigenvalue weighted by molar-refractivity contribution is 6.27. The smallest absolute Gasteiger partial charge is 0.160 e. The molecule has 0 aliphatic carbocycles. The fourth-order valence-electron chi connectivity index (χ4n) is 9.92. The van der Waals surface area contributed by atoms with E-state index < -0.39 is 0 Å². The topological polar surface area (TPSA) is 40.6 Å². The van der Waals surface area contributed by atoms with Crippen LogP contribution in [-0.2, 0) is 0 Å². The summed E-state index contributed by atoms with van der Waals surface area (Å²) in [5.41, 5.74) is 15.1. The molecular formula is C58H37N5. The van der Waals surface area contributed by atoms with Gasteiger partial charge in [0.05, 0.1) is 50.2 Å². The van der Waals surface area contributed by atoms with Crippen molar-refractivity contribution in [3.63, 3.8) is 0 Å². The standard InChI is InChI=1S/C58H37N5/c1-5-18-38(19-6-1)48-37-49(60-58(59-48)39-20-7-2-8-21-39)40-32-34-52-47(36-40)55-53(35-33-46-44-27-14-16-30-51(44)62(57(46)55)42-24-11-4-12-25-42)63(52)54-31-17-28-45-43-26-13-15-29-50(43)61(56(45)54)41-22-9-3-10-23-41/h1-37H. The second-order valence-corrected chi connectivity index (χ2v) is 16.2. The van der Waals surface area contributed by atoms with E-state index in [2.05, 4.69) is 214 Å². The van der Waals surface area contributed by atoms with Crippen LogP contribution in [0.25, 0.3) is 116 Å². The van der Waals surface area contributed by atoms with Crippen molar-refractivity contribution < 1.29 is 0 Å². The highest BCUT2D eigenvalue weighted by atomic mass is 15.1. The summed E-state index contributed by atoms with van der Waals surface area (Å²) in [7, 11) is 0. The molecule has 0 spiro atoms. The number of rotatable bonds is 6. The second kappa shape index (κ2) is 14.0. The molecule has 0 bridgehead atoms. The zero-order valence-electron chi connectivity index (χ0n) is 34.1. The van der Waals surface area contributed by atoms with E-state index in [9.17, 15) is 0 Å². The molecule has 0 atom stereocenters. The lowest BCUT2D eigenvalue weighted by atomic mass is 10.0. The fraction of sp³-hybridized carbons (Fsp3) is 0. The van der Waals surface area contributed by atoms with Crippen LogP contribution in [-0.4, -0.2) is 23.7 Å². The van der Waals surface area contributed by atoms with Crippen molar-refractivity contribution in [2.75, 3.05) is 0 Å². The maximum Gasteiger partial charge on any atom is 0.160 e. The first-order valence-electron chi connectivity index (χ1n) is 21.4. The molecule has 0 saturated carbocycles. The van der Waals surface area contributed by atoms with Gasteiger partial charge in [0.15, 0.2) is 5.82 Å². The van der Waals surface area contributed by atoms with Gasteiger partial charge >= 0.3 is 0 Å². The van der Waals surface area contributed by atoms with E-state index in [1.807, 2.05) is 24.3 Å². The first-order chi connectivity index (χ1) is 31.3. The van der Waals surface area contributed by atoms with E-state index in [4.69, 9.17) is 9.97 Å². The van der Waals surface area contributed by atoms with E-state index in [1.165, 1.54) is 43.5 Å². The van der Waals surface area contributed by atoms with Crippen LogP contribution in [0.3, 0.4) is 0 Å². The highest BCUT2D eigenvalue weighted by Crippen LogP contribution is 2.45. The van der Waals surface area contributed by atoms with Crippen LogP contribution < -0.4 is 0 Å². The lowest BCUT2D eigenvalue weighted by Crippen LogP contribution is -2.00. The van der Waals surface area contributed by atoms with Crippen molar-refractivity contribution in [2.24, 2.45) is 0 Å². The maximum atomic E-state index is 5.30. The van der Waals surface area contributed by atoms with E-state index >= 15 is 0 Å². The van der Waals surface area contributed by atoms with Crippen LogP contribution in [0.5, 0.6) is 0 Å². The van der Waals surface area contributed by atoms with Gasteiger partial charge in [-0.2, -0.15) is 0 Å². The molecule has 0 aliphatic rings. The minimum atomic E-state index is 0.696. The molecule has 9 aromatic carbocycles. The van der Waals surface area contributed by atoms with Crippen LogP contribution in [0, 0.1) is 0 Å². The molecule has 13 rings (SSSR count). The lowest BCUT2D eigenvalue weighted by molar-refractivity contribution is 1.13. The quantitative estimate of drug-likeness (QED) is 0.168. The third-order valence-electron chi connectivity index (χ3n) is 12.6. The van der Waals surface area contributed by atoms with Gasteiger partial charge in [-0.3, -0.25) is 0 Å². The molecule has 5 nitrogen and oxygen atoms in total. The van der Waals surface area contributed by atoms with Crippen LogP contribution in [0.1, 0.15) is 0 Å². The van der Waals surface area contributed by atoms with Gasteiger partial charge in [0.2, 0.25) is 0 Å². The second-order valence-electron chi connectivity index (χ2n) is 16.2. The van der Waals surface area contributed by atoms with E-state index in [1.54, 1.807) is 0 Å². The Morgan fingerprint density at radius 2 is 0.778 bits per heavy atom. The van der Waals surface area contributed by atoms with Gasteiger partial charge in [-0.1, -0.05) is 158 Å². The lowest BCUT2D eigenvalue weighted by Gasteiger charge is -2.14. The van der Waals surface area contributed by atoms with Gasteiger partial charge in [0, 0.05) is 60.4 Å². The number of aromatic nitrogens is 5. The van der Waals surface area contributed by atoms with Gasteiger partial charge in [-0.05, 0) is 66.7 Å². The first kappa shape index (κ1) is 35.2. The number of nitrogens with zero attached hydrogens (tertiary/aromatic N) is 5. The zero-order chi connectivity index (χ0) is 41.4. The summed E-state index contributed by atoms with van der Waals surface area (Å²) >= 11 is 0. The molecule has 0 unspecified atom stereocenters. The molecular weight excluding hydrogens is 767 g/mol. The van der Waals surface area contributed by atoms with Crippen molar-refractivity contribution in [3.05, 3.63) is 224 Å². The third-order valence-corrected chi connectivity index (χ3v) is 12.6. The van der Waals surface area contributed by atoms with Gasteiger partial charge < -0.3 is 13.7 Å². The molecule has 0 N–H and O–H groups in total. The molecule has 294 valence electrons. The van der Waals surface area contributed by atoms with Crippen molar-refractivity contribution in [2.45, 2.75) is 0 Å². The average Bonchev–Trinajstić information content (AvgIpc) is 4.00. The number of benzene rings is 9. The molecule has 0 amide bonds. The highest BCUT2D eigenvalue weighted by Gasteiger charge is 2.24. The Morgan fingerprint density at radius 1 is 0.286 bits per heavy atom. The minimum absolute atomic E-state index is 0.696.